The second-order valence-electron chi connectivity index (χ2n) is 4.01. The molecule has 0 N–H and O–H groups in total. The van der Waals surface area contributed by atoms with Gasteiger partial charge in [-0.15, -0.1) is 0 Å². The molecule has 1 fully saturated rings. The van der Waals surface area contributed by atoms with Crippen molar-refractivity contribution in [2.24, 2.45) is 0 Å². The molecule has 0 radical (unpaired) electrons. The van der Waals surface area contributed by atoms with Gasteiger partial charge in [-0.25, -0.2) is 0 Å². The van der Waals surface area contributed by atoms with Gasteiger partial charge in [0.15, 0.2) is 0 Å². The molecule has 0 aromatic heterocycles. The Bertz CT molecular complexity index is 660. The van der Waals surface area contributed by atoms with Crippen LogP contribution in [0.2, 0.25) is 10.0 Å². The lowest BCUT2D eigenvalue weighted by molar-refractivity contribution is -0.143. The van der Waals surface area contributed by atoms with Crippen LogP contribution in [0.25, 0.3) is 6.08 Å². The maximum atomic E-state index is 12.1. The molecule has 2 amide bonds. The second kappa shape index (κ2) is 6.51. The lowest BCUT2D eigenvalue weighted by atomic mass is 10.2. The number of rotatable bonds is 3. The highest BCUT2D eigenvalue weighted by Gasteiger charge is 2.36. The molecule has 0 aliphatic carbocycles. The molecule has 8 heteroatoms. The molecule has 0 saturated carbocycles. The molecule has 1 aliphatic rings. The maximum absolute atomic E-state index is 12.1. The minimum atomic E-state index is -0.664. The highest BCUT2D eigenvalue weighted by molar-refractivity contribution is 8.18. The van der Waals surface area contributed by atoms with Gasteiger partial charge in [0, 0.05) is 10.0 Å². The molecule has 1 aromatic rings. The molecule has 0 bridgehead atoms. The minimum absolute atomic E-state index is 0.188. The number of imide groups is 1. The third kappa shape index (κ3) is 3.58. The Labute approximate surface area is 134 Å². The van der Waals surface area contributed by atoms with Crippen LogP contribution in [-0.2, 0) is 14.3 Å². The zero-order valence-electron chi connectivity index (χ0n) is 10.8. The molecule has 0 atom stereocenters. The number of hydrogen-bond donors (Lipinski definition) is 0. The smallest absolute Gasteiger partial charge is 0.325 e. The van der Waals surface area contributed by atoms with Crippen LogP contribution in [-0.4, -0.2) is 35.7 Å². The highest BCUT2D eigenvalue weighted by atomic mass is 35.5. The summed E-state index contributed by atoms with van der Waals surface area (Å²) in [6.45, 7) is -0.410. The van der Waals surface area contributed by atoms with Gasteiger partial charge in [-0.1, -0.05) is 29.3 Å². The summed E-state index contributed by atoms with van der Waals surface area (Å²) in [7, 11) is 1.19. The van der Waals surface area contributed by atoms with Crippen molar-refractivity contribution < 1.29 is 19.1 Å². The van der Waals surface area contributed by atoms with E-state index in [0.29, 0.717) is 15.6 Å². The molecule has 0 spiro atoms. The van der Waals surface area contributed by atoms with Gasteiger partial charge in [0.25, 0.3) is 11.1 Å². The van der Waals surface area contributed by atoms with E-state index in [1.807, 2.05) is 0 Å². The first-order valence-electron chi connectivity index (χ1n) is 5.69. The van der Waals surface area contributed by atoms with Crippen LogP contribution in [0, 0.1) is 0 Å². The maximum Gasteiger partial charge on any atom is 0.325 e. The highest BCUT2D eigenvalue weighted by Crippen LogP contribution is 2.33. The van der Waals surface area contributed by atoms with Gasteiger partial charge in [0.1, 0.15) is 6.54 Å². The summed E-state index contributed by atoms with van der Waals surface area (Å²) < 4.78 is 4.45. The van der Waals surface area contributed by atoms with E-state index in [1.165, 1.54) is 19.3 Å². The normalized spacial score (nSPS) is 16.7. The van der Waals surface area contributed by atoms with Crippen molar-refractivity contribution in [1.82, 2.24) is 4.90 Å². The Hall–Kier alpha value is -1.50. The van der Waals surface area contributed by atoms with Gasteiger partial charge < -0.3 is 4.74 Å². The summed E-state index contributed by atoms with van der Waals surface area (Å²) in [5.41, 5.74) is 0.560. The van der Waals surface area contributed by atoms with E-state index in [-0.39, 0.29) is 4.91 Å². The fourth-order valence-corrected chi connectivity index (χ4v) is 2.88. The first-order valence-corrected chi connectivity index (χ1v) is 7.27. The summed E-state index contributed by atoms with van der Waals surface area (Å²) >= 11 is 12.5. The molecular formula is C13H9Cl2NO4S. The number of ether oxygens (including phenoxy) is 1. The lowest BCUT2D eigenvalue weighted by Gasteiger charge is -2.09. The van der Waals surface area contributed by atoms with E-state index in [9.17, 15) is 14.4 Å². The second-order valence-corrected chi connectivity index (χ2v) is 5.85. The van der Waals surface area contributed by atoms with E-state index in [4.69, 9.17) is 23.2 Å². The molecule has 110 valence electrons. The molecule has 1 saturated heterocycles. The SMILES string of the molecule is COC(=O)CN1C(=O)S/C(=C\c2ccc(Cl)cc2Cl)C1=O. The van der Waals surface area contributed by atoms with Crippen molar-refractivity contribution in [3.63, 3.8) is 0 Å². The average molecular weight is 346 g/mol. The molecule has 21 heavy (non-hydrogen) atoms. The van der Waals surface area contributed by atoms with Gasteiger partial charge >= 0.3 is 5.97 Å². The number of nitrogens with zero attached hydrogens (tertiary/aromatic N) is 1. The molecule has 1 heterocycles. The molecule has 1 aromatic carbocycles. The molecule has 0 unspecified atom stereocenters. The van der Waals surface area contributed by atoms with Gasteiger partial charge in [0.2, 0.25) is 0 Å². The monoisotopic (exact) mass is 345 g/mol. The Morgan fingerprint density at radius 1 is 1.38 bits per heavy atom. The zero-order valence-corrected chi connectivity index (χ0v) is 13.1. The van der Waals surface area contributed by atoms with Crippen molar-refractivity contribution in [3.8, 4) is 0 Å². The topological polar surface area (TPSA) is 63.7 Å². The van der Waals surface area contributed by atoms with Crippen LogP contribution in [0.15, 0.2) is 23.1 Å². The number of thioether (sulfide) groups is 1. The van der Waals surface area contributed by atoms with E-state index >= 15 is 0 Å². The number of amides is 2. The van der Waals surface area contributed by atoms with Gasteiger partial charge in [-0.3, -0.25) is 19.3 Å². The molecule has 5 nitrogen and oxygen atoms in total. The molecule has 1 aliphatic heterocycles. The van der Waals surface area contributed by atoms with Crippen molar-refractivity contribution in [2.45, 2.75) is 0 Å². The van der Waals surface area contributed by atoms with Gasteiger partial charge in [-0.2, -0.15) is 0 Å². The largest absolute Gasteiger partial charge is 0.468 e. The number of hydrogen-bond acceptors (Lipinski definition) is 5. The summed E-state index contributed by atoms with van der Waals surface area (Å²) in [5, 5.41) is 0.306. The van der Waals surface area contributed by atoms with E-state index in [2.05, 4.69) is 4.74 Å². The number of benzene rings is 1. The van der Waals surface area contributed by atoms with Crippen LogP contribution in [0.3, 0.4) is 0 Å². The zero-order chi connectivity index (χ0) is 15.6. The fraction of sp³-hybridized carbons (Fsp3) is 0.154. The van der Waals surface area contributed by atoms with Crippen LogP contribution in [0.1, 0.15) is 5.56 Å². The van der Waals surface area contributed by atoms with Crippen molar-refractivity contribution in [2.75, 3.05) is 13.7 Å². The Morgan fingerprint density at radius 2 is 2.10 bits per heavy atom. The predicted molar refractivity (Wildman–Crippen MR) is 81.2 cm³/mol. The standard InChI is InChI=1S/C13H9Cl2NO4S/c1-20-11(17)6-16-12(18)10(21-13(16)19)4-7-2-3-8(14)5-9(7)15/h2-5H,6H2,1H3/b10-4-. The molecular weight excluding hydrogens is 337 g/mol. The summed E-state index contributed by atoms with van der Waals surface area (Å²) in [4.78, 5) is 36.0. The summed E-state index contributed by atoms with van der Waals surface area (Å²) in [5.74, 6) is -1.22. The van der Waals surface area contributed by atoms with Gasteiger partial charge in [0.05, 0.1) is 12.0 Å². The first-order chi connectivity index (χ1) is 9.92. The van der Waals surface area contributed by atoms with Crippen LogP contribution >= 0.6 is 35.0 Å². The number of esters is 1. The van der Waals surface area contributed by atoms with Crippen molar-refractivity contribution in [1.29, 1.82) is 0 Å². The van der Waals surface area contributed by atoms with E-state index in [0.717, 1.165) is 16.7 Å². The Morgan fingerprint density at radius 3 is 2.71 bits per heavy atom. The Kier molecular flexibility index (Phi) is 4.92. The Balaban J connectivity index is 2.25. The minimum Gasteiger partial charge on any atom is -0.468 e. The number of carbonyl (C=O) groups excluding carboxylic acids is 3. The van der Waals surface area contributed by atoms with Gasteiger partial charge in [-0.05, 0) is 35.5 Å². The van der Waals surface area contributed by atoms with E-state index < -0.39 is 23.7 Å². The lowest BCUT2D eigenvalue weighted by Crippen LogP contribution is -2.34. The average Bonchev–Trinajstić information content (AvgIpc) is 2.69. The number of methoxy groups -OCH3 is 1. The third-order valence-electron chi connectivity index (χ3n) is 2.64. The first kappa shape index (κ1) is 15.9. The van der Waals surface area contributed by atoms with Crippen molar-refractivity contribution >= 4 is 58.2 Å². The number of carbonyl (C=O) groups is 3. The summed E-state index contributed by atoms with van der Waals surface area (Å²) in [6.07, 6.45) is 1.49. The third-order valence-corrected chi connectivity index (χ3v) is 4.11. The van der Waals surface area contributed by atoms with Crippen LogP contribution in [0.5, 0.6) is 0 Å². The van der Waals surface area contributed by atoms with Crippen LogP contribution < -0.4 is 0 Å². The van der Waals surface area contributed by atoms with Crippen molar-refractivity contribution in [3.05, 3.63) is 38.7 Å². The summed E-state index contributed by atoms with van der Waals surface area (Å²) in [6, 6.07) is 4.80. The quantitative estimate of drug-likeness (QED) is 0.621. The fourth-order valence-electron chi connectivity index (χ4n) is 1.59. The van der Waals surface area contributed by atoms with E-state index in [1.54, 1.807) is 12.1 Å². The predicted octanol–water partition coefficient (Wildman–Crippen LogP) is 3.20. The number of halogens is 2. The van der Waals surface area contributed by atoms with Crippen LogP contribution in [0.4, 0.5) is 4.79 Å². The molecule has 2 rings (SSSR count).